The van der Waals surface area contributed by atoms with Crippen molar-refractivity contribution in [2.75, 3.05) is 5.32 Å². The van der Waals surface area contributed by atoms with Gasteiger partial charge in [0.25, 0.3) is 5.91 Å². The van der Waals surface area contributed by atoms with Gasteiger partial charge in [0, 0.05) is 9.85 Å². The summed E-state index contributed by atoms with van der Waals surface area (Å²) in [6.45, 7) is 1.89. The van der Waals surface area contributed by atoms with Crippen LogP contribution in [-0.4, -0.2) is 10.9 Å². The molecule has 1 heterocycles. The number of thiazole rings is 1. The SMILES string of the molecule is Cc1csc(NC(=O)c2ccccc2Br)n1. The fraction of sp³-hybridized carbons (Fsp3) is 0.0909. The van der Waals surface area contributed by atoms with Gasteiger partial charge in [0.1, 0.15) is 0 Å². The highest BCUT2D eigenvalue weighted by Gasteiger charge is 2.10. The Balaban J connectivity index is 2.18. The molecule has 2 aromatic rings. The molecule has 0 saturated carbocycles. The largest absolute Gasteiger partial charge is 0.298 e. The van der Waals surface area contributed by atoms with Crippen molar-refractivity contribution in [3.63, 3.8) is 0 Å². The Morgan fingerprint density at radius 2 is 2.19 bits per heavy atom. The quantitative estimate of drug-likeness (QED) is 0.922. The molecule has 5 heteroatoms. The highest BCUT2D eigenvalue weighted by Crippen LogP contribution is 2.19. The fourth-order valence-electron chi connectivity index (χ4n) is 1.22. The number of carbonyl (C=O) groups is 1. The second kappa shape index (κ2) is 4.76. The van der Waals surface area contributed by atoms with Gasteiger partial charge in [-0.25, -0.2) is 4.98 Å². The smallest absolute Gasteiger partial charge is 0.258 e. The standard InChI is InChI=1S/C11H9BrN2OS/c1-7-6-16-11(13-7)14-10(15)8-4-2-3-5-9(8)12/h2-6H,1H3,(H,13,14,15). The third-order valence-corrected chi connectivity index (χ3v) is 3.53. The van der Waals surface area contributed by atoms with Crippen LogP contribution in [0.25, 0.3) is 0 Å². The van der Waals surface area contributed by atoms with Crippen molar-refractivity contribution in [2.45, 2.75) is 6.92 Å². The molecule has 0 spiro atoms. The molecule has 0 fully saturated rings. The van der Waals surface area contributed by atoms with Crippen molar-refractivity contribution in [3.05, 3.63) is 45.4 Å². The summed E-state index contributed by atoms with van der Waals surface area (Å²) < 4.78 is 0.778. The average Bonchev–Trinajstić information content (AvgIpc) is 2.64. The van der Waals surface area contributed by atoms with Gasteiger partial charge in [-0.2, -0.15) is 0 Å². The topological polar surface area (TPSA) is 42.0 Å². The van der Waals surface area contributed by atoms with Crippen LogP contribution in [-0.2, 0) is 0 Å². The van der Waals surface area contributed by atoms with E-state index in [2.05, 4.69) is 26.2 Å². The highest BCUT2D eigenvalue weighted by atomic mass is 79.9. The molecule has 0 aliphatic rings. The van der Waals surface area contributed by atoms with Gasteiger partial charge in [-0.3, -0.25) is 10.1 Å². The average molecular weight is 297 g/mol. The van der Waals surface area contributed by atoms with Gasteiger partial charge in [-0.05, 0) is 35.0 Å². The van der Waals surface area contributed by atoms with Crippen molar-refractivity contribution < 1.29 is 4.79 Å². The number of benzene rings is 1. The minimum atomic E-state index is -0.151. The molecule has 1 aromatic carbocycles. The van der Waals surface area contributed by atoms with Crippen LogP contribution >= 0.6 is 27.3 Å². The number of halogens is 1. The minimum Gasteiger partial charge on any atom is -0.298 e. The molecule has 82 valence electrons. The number of hydrogen-bond donors (Lipinski definition) is 1. The zero-order valence-corrected chi connectivity index (χ0v) is 10.9. The Bertz CT molecular complexity index is 524. The molecule has 0 aliphatic heterocycles. The summed E-state index contributed by atoms with van der Waals surface area (Å²) in [5, 5.41) is 5.28. The summed E-state index contributed by atoms with van der Waals surface area (Å²) >= 11 is 4.76. The van der Waals surface area contributed by atoms with E-state index in [0.29, 0.717) is 10.7 Å². The van der Waals surface area contributed by atoms with Crippen molar-refractivity contribution >= 4 is 38.3 Å². The number of hydrogen-bond acceptors (Lipinski definition) is 3. The highest BCUT2D eigenvalue weighted by molar-refractivity contribution is 9.10. The monoisotopic (exact) mass is 296 g/mol. The summed E-state index contributed by atoms with van der Waals surface area (Å²) in [6, 6.07) is 7.29. The Morgan fingerprint density at radius 1 is 1.44 bits per heavy atom. The number of rotatable bonds is 2. The van der Waals surface area contributed by atoms with Gasteiger partial charge < -0.3 is 0 Å². The first-order chi connectivity index (χ1) is 7.66. The Morgan fingerprint density at radius 3 is 2.81 bits per heavy atom. The normalized spacial score (nSPS) is 10.1. The molecule has 16 heavy (non-hydrogen) atoms. The van der Waals surface area contributed by atoms with Gasteiger partial charge >= 0.3 is 0 Å². The summed E-state index contributed by atoms with van der Waals surface area (Å²) in [7, 11) is 0. The lowest BCUT2D eigenvalue weighted by Crippen LogP contribution is -2.12. The van der Waals surface area contributed by atoms with Crippen molar-refractivity contribution in [3.8, 4) is 0 Å². The number of anilines is 1. The number of carbonyl (C=O) groups excluding carboxylic acids is 1. The van der Waals surface area contributed by atoms with E-state index in [1.807, 2.05) is 30.5 Å². The van der Waals surface area contributed by atoms with Crippen LogP contribution in [0.5, 0.6) is 0 Å². The number of aryl methyl sites for hydroxylation is 1. The van der Waals surface area contributed by atoms with E-state index in [1.54, 1.807) is 6.07 Å². The van der Waals surface area contributed by atoms with Gasteiger partial charge in [0.05, 0.1) is 11.3 Å². The lowest BCUT2D eigenvalue weighted by atomic mass is 10.2. The molecule has 1 aromatic heterocycles. The first-order valence-electron chi connectivity index (χ1n) is 4.65. The summed E-state index contributed by atoms with van der Waals surface area (Å²) in [5.74, 6) is -0.151. The van der Waals surface area contributed by atoms with Crippen molar-refractivity contribution in [1.82, 2.24) is 4.98 Å². The Kier molecular flexibility index (Phi) is 3.36. The van der Waals surface area contributed by atoms with Crippen LogP contribution in [0.15, 0.2) is 34.1 Å². The van der Waals surface area contributed by atoms with E-state index in [0.717, 1.165) is 10.2 Å². The second-order valence-electron chi connectivity index (χ2n) is 3.23. The third kappa shape index (κ3) is 2.48. The predicted octanol–water partition coefficient (Wildman–Crippen LogP) is 3.47. The number of nitrogens with zero attached hydrogens (tertiary/aromatic N) is 1. The molecule has 0 saturated heterocycles. The first kappa shape index (κ1) is 11.3. The maximum atomic E-state index is 11.9. The molecular formula is C11H9BrN2OS. The van der Waals surface area contributed by atoms with E-state index in [1.165, 1.54) is 11.3 Å². The molecule has 3 nitrogen and oxygen atoms in total. The van der Waals surface area contributed by atoms with Gasteiger partial charge in [-0.15, -0.1) is 11.3 Å². The lowest BCUT2D eigenvalue weighted by Gasteiger charge is -2.03. The van der Waals surface area contributed by atoms with Crippen molar-refractivity contribution in [2.24, 2.45) is 0 Å². The molecular weight excluding hydrogens is 288 g/mol. The van der Waals surface area contributed by atoms with Crippen LogP contribution in [0, 0.1) is 6.92 Å². The number of aromatic nitrogens is 1. The summed E-state index contributed by atoms with van der Waals surface area (Å²) in [6.07, 6.45) is 0. The van der Waals surface area contributed by atoms with E-state index in [9.17, 15) is 4.79 Å². The zero-order chi connectivity index (χ0) is 11.5. The Labute approximate surface area is 106 Å². The molecule has 0 radical (unpaired) electrons. The van der Waals surface area contributed by atoms with Crippen LogP contribution in [0.3, 0.4) is 0 Å². The van der Waals surface area contributed by atoms with Gasteiger partial charge in [0.2, 0.25) is 0 Å². The maximum absolute atomic E-state index is 11.9. The second-order valence-corrected chi connectivity index (χ2v) is 4.94. The van der Waals surface area contributed by atoms with Crippen LogP contribution in [0.4, 0.5) is 5.13 Å². The number of amides is 1. The van der Waals surface area contributed by atoms with E-state index >= 15 is 0 Å². The van der Waals surface area contributed by atoms with E-state index < -0.39 is 0 Å². The van der Waals surface area contributed by atoms with Crippen LogP contribution < -0.4 is 5.32 Å². The van der Waals surface area contributed by atoms with Crippen LogP contribution in [0.1, 0.15) is 16.1 Å². The molecule has 0 unspecified atom stereocenters. The Hall–Kier alpha value is -1.20. The van der Waals surface area contributed by atoms with Gasteiger partial charge in [-0.1, -0.05) is 12.1 Å². The summed E-state index contributed by atoms with van der Waals surface area (Å²) in [5.41, 5.74) is 1.52. The van der Waals surface area contributed by atoms with Crippen molar-refractivity contribution in [1.29, 1.82) is 0 Å². The molecule has 0 aliphatic carbocycles. The fourth-order valence-corrected chi connectivity index (χ4v) is 2.37. The lowest BCUT2D eigenvalue weighted by molar-refractivity contribution is 0.102. The molecule has 1 N–H and O–H groups in total. The maximum Gasteiger partial charge on any atom is 0.258 e. The van der Waals surface area contributed by atoms with E-state index in [-0.39, 0.29) is 5.91 Å². The first-order valence-corrected chi connectivity index (χ1v) is 6.32. The molecule has 2 rings (SSSR count). The molecule has 0 bridgehead atoms. The third-order valence-electron chi connectivity index (χ3n) is 1.96. The predicted molar refractivity (Wildman–Crippen MR) is 68.9 cm³/mol. The number of nitrogens with one attached hydrogen (secondary N) is 1. The zero-order valence-electron chi connectivity index (χ0n) is 8.53. The van der Waals surface area contributed by atoms with E-state index in [4.69, 9.17) is 0 Å². The minimum absolute atomic E-state index is 0.151. The molecule has 1 amide bonds. The summed E-state index contributed by atoms with van der Waals surface area (Å²) in [4.78, 5) is 16.0. The van der Waals surface area contributed by atoms with Crippen LogP contribution in [0.2, 0.25) is 0 Å². The molecule has 0 atom stereocenters. The van der Waals surface area contributed by atoms with Gasteiger partial charge in [0.15, 0.2) is 5.13 Å².